The number of rotatable bonds is 4. The molecule has 1 saturated carbocycles. The van der Waals surface area contributed by atoms with Crippen LogP contribution in [-0.2, 0) is 4.74 Å². The van der Waals surface area contributed by atoms with Gasteiger partial charge >= 0.3 is 5.97 Å². The highest BCUT2D eigenvalue weighted by Gasteiger charge is 2.26. The number of nitrogens with one attached hydrogen (secondary N) is 1. The van der Waals surface area contributed by atoms with E-state index >= 15 is 0 Å². The van der Waals surface area contributed by atoms with E-state index in [-0.39, 0.29) is 23.0 Å². The molecule has 0 atom stereocenters. The van der Waals surface area contributed by atoms with Gasteiger partial charge in [-0.15, -0.1) is 0 Å². The van der Waals surface area contributed by atoms with Gasteiger partial charge in [-0.3, -0.25) is 10.1 Å². The molecule has 0 bridgehead atoms. The molecular formula is C14H17BrN2O4. The van der Waals surface area contributed by atoms with Crippen LogP contribution < -0.4 is 5.32 Å². The van der Waals surface area contributed by atoms with Gasteiger partial charge in [0.05, 0.1) is 17.6 Å². The topological polar surface area (TPSA) is 81.5 Å². The highest BCUT2D eigenvalue weighted by atomic mass is 79.9. The summed E-state index contributed by atoms with van der Waals surface area (Å²) in [5, 5.41) is 14.4. The maximum absolute atomic E-state index is 11.9. The minimum atomic E-state index is -0.585. The van der Waals surface area contributed by atoms with Gasteiger partial charge in [0.1, 0.15) is 5.69 Å². The third-order valence-electron chi connectivity index (χ3n) is 3.64. The first-order chi connectivity index (χ1) is 10.0. The van der Waals surface area contributed by atoms with Crippen molar-refractivity contribution in [2.75, 3.05) is 12.4 Å². The molecule has 0 radical (unpaired) electrons. The lowest BCUT2D eigenvalue weighted by atomic mass is 9.95. The van der Waals surface area contributed by atoms with Crippen molar-refractivity contribution in [3.05, 3.63) is 32.3 Å². The number of carbonyl (C=O) groups is 1. The van der Waals surface area contributed by atoms with Crippen LogP contribution in [0.2, 0.25) is 0 Å². The van der Waals surface area contributed by atoms with Crippen molar-refractivity contribution in [3.8, 4) is 0 Å². The Hall–Kier alpha value is -1.63. The minimum absolute atomic E-state index is 0.115. The molecule has 7 heteroatoms. The maximum atomic E-state index is 11.9. The van der Waals surface area contributed by atoms with E-state index in [0.717, 1.165) is 25.7 Å². The Morgan fingerprint density at radius 1 is 1.38 bits per heavy atom. The van der Waals surface area contributed by atoms with E-state index in [1.165, 1.54) is 19.6 Å². The highest BCUT2D eigenvalue weighted by Crippen LogP contribution is 2.35. The molecule has 6 nitrogen and oxygen atoms in total. The van der Waals surface area contributed by atoms with E-state index in [2.05, 4.69) is 21.2 Å². The Bertz CT molecular complexity index is 556. The van der Waals surface area contributed by atoms with Gasteiger partial charge in [0, 0.05) is 16.6 Å². The lowest BCUT2D eigenvalue weighted by Crippen LogP contribution is -2.24. The fourth-order valence-electron chi connectivity index (χ4n) is 2.61. The van der Waals surface area contributed by atoms with E-state index in [0.29, 0.717) is 4.47 Å². The van der Waals surface area contributed by atoms with Crippen LogP contribution in [0.15, 0.2) is 16.6 Å². The number of hydrogen-bond acceptors (Lipinski definition) is 5. The second kappa shape index (κ2) is 6.89. The fourth-order valence-corrected chi connectivity index (χ4v) is 3.06. The van der Waals surface area contributed by atoms with E-state index in [4.69, 9.17) is 4.74 Å². The molecule has 1 N–H and O–H groups in total. The SMILES string of the molecule is COC(=O)c1cc(Br)cc([N+](=O)[O-])c1NC1CCCCC1. The van der Waals surface area contributed by atoms with Gasteiger partial charge in [0.15, 0.2) is 0 Å². The zero-order valence-electron chi connectivity index (χ0n) is 11.7. The first-order valence-electron chi connectivity index (χ1n) is 6.85. The quantitative estimate of drug-likeness (QED) is 0.502. The third-order valence-corrected chi connectivity index (χ3v) is 4.10. The predicted octanol–water partition coefficient (Wildman–Crippen LogP) is 3.89. The molecule has 1 fully saturated rings. The molecule has 0 aromatic heterocycles. The van der Waals surface area contributed by atoms with Crippen molar-refractivity contribution in [1.82, 2.24) is 0 Å². The third kappa shape index (κ3) is 3.72. The molecule has 0 unspecified atom stereocenters. The Balaban J connectivity index is 2.43. The summed E-state index contributed by atoms with van der Waals surface area (Å²) < 4.78 is 5.21. The number of esters is 1. The van der Waals surface area contributed by atoms with Gasteiger partial charge in [0.25, 0.3) is 5.69 Å². The number of benzene rings is 1. The molecule has 1 aliphatic rings. The van der Waals surface area contributed by atoms with Crippen LogP contribution in [0, 0.1) is 10.1 Å². The summed E-state index contributed by atoms with van der Waals surface area (Å²) in [5.41, 5.74) is 0.321. The number of nitrogens with zero attached hydrogens (tertiary/aromatic N) is 1. The van der Waals surface area contributed by atoms with Gasteiger partial charge in [-0.2, -0.15) is 0 Å². The van der Waals surface area contributed by atoms with E-state index in [9.17, 15) is 14.9 Å². The largest absolute Gasteiger partial charge is 0.465 e. The Morgan fingerprint density at radius 3 is 2.62 bits per heavy atom. The zero-order valence-corrected chi connectivity index (χ0v) is 13.3. The lowest BCUT2D eigenvalue weighted by Gasteiger charge is -2.24. The number of hydrogen-bond donors (Lipinski definition) is 1. The van der Waals surface area contributed by atoms with E-state index in [1.807, 2.05) is 0 Å². The van der Waals surface area contributed by atoms with Crippen molar-refractivity contribution in [2.24, 2.45) is 0 Å². The van der Waals surface area contributed by atoms with Gasteiger partial charge in [0.2, 0.25) is 0 Å². The summed E-state index contributed by atoms with van der Waals surface area (Å²) >= 11 is 3.20. The van der Waals surface area contributed by atoms with Crippen molar-refractivity contribution in [3.63, 3.8) is 0 Å². The van der Waals surface area contributed by atoms with Crippen LogP contribution in [-0.4, -0.2) is 24.0 Å². The zero-order chi connectivity index (χ0) is 15.4. The molecule has 1 aromatic carbocycles. The molecule has 0 saturated heterocycles. The van der Waals surface area contributed by atoms with Crippen molar-refractivity contribution in [1.29, 1.82) is 0 Å². The number of anilines is 1. The summed E-state index contributed by atoms with van der Waals surface area (Å²) in [6.07, 6.45) is 5.28. The van der Waals surface area contributed by atoms with Crippen molar-refractivity contribution in [2.45, 2.75) is 38.1 Å². The monoisotopic (exact) mass is 356 g/mol. The second-order valence-corrected chi connectivity index (χ2v) is 5.99. The standard InChI is InChI=1S/C14H17BrN2O4/c1-21-14(18)11-7-9(15)8-12(17(19)20)13(11)16-10-5-3-2-4-6-10/h7-8,10,16H,2-6H2,1H3. The summed E-state index contributed by atoms with van der Waals surface area (Å²) in [5.74, 6) is -0.585. The van der Waals surface area contributed by atoms with Crippen molar-refractivity contribution < 1.29 is 14.5 Å². The predicted molar refractivity (Wildman–Crippen MR) is 82.6 cm³/mol. The fraction of sp³-hybridized carbons (Fsp3) is 0.500. The molecule has 0 aliphatic heterocycles. The summed E-state index contributed by atoms with van der Waals surface area (Å²) in [6.45, 7) is 0. The average Bonchev–Trinajstić information content (AvgIpc) is 2.48. The van der Waals surface area contributed by atoms with Crippen LogP contribution in [0.1, 0.15) is 42.5 Å². The number of ether oxygens (including phenoxy) is 1. The second-order valence-electron chi connectivity index (χ2n) is 5.08. The lowest BCUT2D eigenvalue weighted by molar-refractivity contribution is -0.384. The summed E-state index contributed by atoms with van der Waals surface area (Å²) in [7, 11) is 1.26. The van der Waals surface area contributed by atoms with Crippen molar-refractivity contribution >= 4 is 33.3 Å². The Labute approximate surface area is 131 Å². The minimum Gasteiger partial charge on any atom is -0.465 e. The Kier molecular flexibility index (Phi) is 5.17. The highest BCUT2D eigenvalue weighted by molar-refractivity contribution is 9.10. The normalized spacial score (nSPS) is 15.5. The molecule has 0 heterocycles. The number of carbonyl (C=O) groups excluding carboxylic acids is 1. The van der Waals surface area contributed by atoms with Crippen LogP contribution >= 0.6 is 15.9 Å². The van der Waals surface area contributed by atoms with Gasteiger partial charge < -0.3 is 10.1 Å². The smallest absolute Gasteiger partial charge is 0.340 e. The Morgan fingerprint density at radius 2 is 2.05 bits per heavy atom. The molecule has 2 rings (SSSR count). The number of nitro benzene ring substituents is 1. The van der Waals surface area contributed by atoms with Crippen LogP contribution in [0.4, 0.5) is 11.4 Å². The molecule has 1 aromatic rings. The van der Waals surface area contributed by atoms with Crippen LogP contribution in [0.25, 0.3) is 0 Å². The number of methoxy groups -OCH3 is 1. The first-order valence-corrected chi connectivity index (χ1v) is 7.65. The number of nitro groups is 1. The van der Waals surface area contributed by atoms with E-state index < -0.39 is 10.9 Å². The molecule has 114 valence electrons. The van der Waals surface area contributed by atoms with Gasteiger partial charge in [-0.1, -0.05) is 35.2 Å². The van der Waals surface area contributed by atoms with Crippen LogP contribution in [0.5, 0.6) is 0 Å². The molecule has 1 aliphatic carbocycles. The average molecular weight is 357 g/mol. The van der Waals surface area contributed by atoms with Crippen LogP contribution in [0.3, 0.4) is 0 Å². The maximum Gasteiger partial charge on any atom is 0.340 e. The summed E-state index contributed by atoms with van der Waals surface area (Å²) in [4.78, 5) is 22.7. The van der Waals surface area contributed by atoms with Gasteiger partial charge in [-0.05, 0) is 18.9 Å². The molecule has 0 spiro atoms. The first kappa shape index (κ1) is 15.8. The van der Waals surface area contributed by atoms with E-state index in [1.54, 1.807) is 6.07 Å². The molecule has 0 amide bonds. The molecular weight excluding hydrogens is 340 g/mol. The molecule has 21 heavy (non-hydrogen) atoms. The summed E-state index contributed by atoms with van der Waals surface area (Å²) in [6, 6.07) is 3.10. The van der Waals surface area contributed by atoms with Gasteiger partial charge in [-0.25, -0.2) is 4.79 Å². The number of halogens is 1.